The van der Waals surface area contributed by atoms with E-state index in [1.54, 1.807) is 30.3 Å². The summed E-state index contributed by atoms with van der Waals surface area (Å²) in [5.74, 6) is -1.32. The van der Waals surface area contributed by atoms with Crippen LogP contribution < -0.4 is 5.63 Å². The molecule has 0 unspecified atom stereocenters. The lowest BCUT2D eigenvalue weighted by molar-refractivity contribution is 0.0458. The van der Waals surface area contributed by atoms with Gasteiger partial charge in [-0.15, -0.1) is 0 Å². The first-order chi connectivity index (χ1) is 14.4. The van der Waals surface area contributed by atoms with Gasteiger partial charge in [-0.3, -0.25) is 0 Å². The van der Waals surface area contributed by atoms with Crippen LogP contribution in [0.15, 0.2) is 51.7 Å². The van der Waals surface area contributed by atoms with Crippen molar-refractivity contribution in [3.05, 3.63) is 69.0 Å². The van der Waals surface area contributed by atoms with E-state index < -0.39 is 17.6 Å². The van der Waals surface area contributed by atoms with Crippen molar-refractivity contribution in [3.63, 3.8) is 0 Å². The molecule has 0 aliphatic carbocycles. The van der Waals surface area contributed by atoms with Gasteiger partial charge in [-0.2, -0.15) is 0 Å². The van der Waals surface area contributed by atoms with Crippen LogP contribution in [0.2, 0.25) is 5.02 Å². The zero-order chi connectivity index (χ0) is 21.7. The molecule has 0 aliphatic rings. The number of ether oxygens (including phenoxy) is 2. The van der Waals surface area contributed by atoms with Gasteiger partial charge in [0, 0.05) is 10.4 Å². The molecule has 6 nitrogen and oxygen atoms in total. The second kappa shape index (κ2) is 9.59. The predicted molar refractivity (Wildman–Crippen MR) is 114 cm³/mol. The Hall–Kier alpha value is -3.12. The normalized spacial score (nSPS) is 10.8. The highest BCUT2D eigenvalue weighted by molar-refractivity contribution is 6.30. The maximum Gasteiger partial charge on any atom is 0.344 e. The minimum Gasteiger partial charge on any atom is -0.462 e. The van der Waals surface area contributed by atoms with Gasteiger partial charge in [0.1, 0.15) is 5.58 Å². The van der Waals surface area contributed by atoms with Gasteiger partial charge in [-0.1, -0.05) is 37.6 Å². The summed E-state index contributed by atoms with van der Waals surface area (Å²) in [4.78, 5) is 37.6. The number of halogens is 1. The van der Waals surface area contributed by atoms with Crippen molar-refractivity contribution >= 4 is 34.5 Å². The minimum atomic E-state index is -0.677. The summed E-state index contributed by atoms with van der Waals surface area (Å²) in [6, 6.07) is 11.2. The second-order valence-electron chi connectivity index (χ2n) is 6.67. The van der Waals surface area contributed by atoms with Gasteiger partial charge in [0.15, 0.2) is 0 Å². The minimum absolute atomic E-state index is 0.00397. The maximum absolute atomic E-state index is 12.6. The fourth-order valence-corrected chi connectivity index (χ4v) is 3.10. The molecule has 0 radical (unpaired) electrons. The van der Waals surface area contributed by atoms with E-state index in [1.807, 2.05) is 13.8 Å². The first-order valence-electron chi connectivity index (χ1n) is 9.66. The molecule has 3 rings (SSSR count). The van der Waals surface area contributed by atoms with E-state index in [1.165, 1.54) is 12.1 Å². The van der Waals surface area contributed by atoms with Crippen molar-refractivity contribution in [2.24, 2.45) is 0 Å². The van der Waals surface area contributed by atoms with E-state index >= 15 is 0 Å². The molecule has 0 atom stereocenters. The Morgan fingerprint density at radius 3 is 2.17 bits per heavy atom. The van der Waals surface area contributed by atoms with E-state index in [-0.39, 0.29) is 29.9 Å². The fourth-order valence-electron chi connectivity index (χ4n) is 2.91. The molecule has 30 heavy (non-hydrogen) atoms. The number of esters is 2. The monoisotopic (exact) mass is 428 g/mol. The summed E-state index contributed by atoms with van der Waals surface area (Å²) in [7, 11) is 0. The quantitative estimate of drug-likeness (QED) is 0.377. The molecule has 1 aromatic heterocycles. The molecule has 0 bridgehead atoms. The molecular weight excluding hydrogens is 408 g/mol. The molecule has 3 aromatic rings. The van der Waals surface area contributed by atoms with Gasteiger partial charge in [-0.05, 0) is 48.7 Å². The highest BCUT2D eigenvalue weighted by Gasteiger charge is 2.22. The Morgan fingerprint density at radius 2 is 1.57 bits per heavy atom. The van der Waals surface area contributed by atoms with Crippen molar-refractivity contribution in [2.75, 3.05) is 13.2 Å². The van der Waals surface area contributed by atoms with E-state index in [0.717, 1.165) is 0 Å². The summed E-state index contributed by atoms with van der Waals surface area (Å²) in [6.45, 7) is 4.16. The summed E-state index contributed by atoms with van der Waals surface area (Å²) >= 11 is 6.03. The van der Waals surface area contributed by atoms with Crippen LogP contribution in [-0.4, -0.2) is 25.2 Å². The van der Waals surface area contributed by atoms with Crippen molar-refractivity contribution in [1.29, 1.82) is 0 Å². The number of hydrogen-bond donors (Lipinski definition) is 0. The van der Waals surface area contributed by atoms with Gasteiger partial charge >= 0.3 is 17.6 Å². The summed E-state index contributed by atoms with van der Waals surface area (Å²) in [5, 5.41) is 0.949. The first-order valence-corrected chi connectivity index (χ1v) is 10.0. The largest absolute Gasteiger partial charge is 0.462 e. The lowest BCUT2D eigenvalue weighted by atomic mass is 10.0. The first kappa shape index (κ1) is 21.6. The molecule has 0 N–H and O–H groups in total. The van der Waals surface area contributed by atoms with Gasteiger partial charge in [0.25, 0.3) is 0 Å². The molecule has 156 valence electrons. The van der Waals surface area contributed by atoms with Crippen LogP contribution >= 0.6 is 11.6 Å². The Balaban J connectivity index is 2.16. The molecule has 0 spiro atoms. The lowest BCUT2D eigenvalue weighted by Crippen LogP contribution is -2.15. The Morgan fingerprint density at radius 1 is 0.933 bits per heavy atom. The zero-order valence-corrected chi connectivity index (χ0v) is 17.5. The summed E-state index contributed by atoms with van der Waals surface area (Å²) < 4.78 is 15.8. The third-order valence-corrected chi connectivity index (χ3v) is 4.56. The van der Waals surface area contributed by atoms with Crippen LogP contribution in [-0.2, 0) is 9.47 Å². The van der Waals surface area contributed by atoms with E-state index in [2.05, 4.69) is 0 Å². The molecular formula is C23H21ClO6. The fraction of sp³-hybridized carbons (Fsp3) is 0.261. The standard InChI is InChI=1S/C23H21ClO6/c1-3-8-28-21(25)18-12-15-11-17(14-6-5-7-16(24)10-14)23(27)30-20(15)13-19(18)22(26)29-9-4-2/h5-7,10-13H,3-4,8-9H2,1-2H3. The van der Waals surface area contributed by atoms with Crippen LogP contribution in [0.4, 0.5) is 0 Å². The average molecular weight is 429 g/mol. The highest BCUT2D eigenvalue weighted by Crippen LogP contribution is 2.26. The second-order valence-corrected chi connectivity index (χ2v) is 7.10. The van der Waals surface area contributed by atoms with Crippen molar-refractivity contribution in [3.8, 4) is 11.1 Å². The average Bonchev–Trinajstić information content (AvgIpc) is 2.74. The van der Waals surface area contributed by atoms with Crippen molar-refractivity contribution in [2.45, 2.75) is 26.7 Å². The molecule has 7 heteroatoms. The van der Waals surface area contributed by atoms with Crippen LogP contribution in [0, 0.1) is 0 Å². The molecule has 0 saturated carbocycles. The third-order valence-electron chi connectivity index (χ3n) is 4.32. The topological polar surface area (TPSA) is 82.8 Å². The number of hydrogen-bond acceptors (Lipinski definition) is 6. The smallest absolute Gasteiger partial charge is 0.344 e. The van der Waals surface area contributed by atoms with Crippen LogP contribution in [0.1, 0.15) is 47.4 Å². The third kappa shape index (κ3) is 4.71. The van der Waals surface area contributed by atoms with Crippen LogP contribution in [0.5, 0.6) is 0 Å². The molecule has 0 fully saturated rings. The molecule has 1 heterocycles. The molecule has 0 aliphatic heterocycles. The lowest BCUT2D eigenvalue weighted by Gasteiger charge is -2.11. The van der Waals surface area contributed by atoms with Crippen molar-refractivity contribution in [1.82, 2.24) is 0 Å². The Kier molecular flexibility index (Phi) is 6.90. The van der Waals surface area contributed by atoms with E-state index in [4.69, 9.17) is 25.5 Å². The molecule has 0 saturated heterocycles. The van der Waals surface area contributed by atoms with E-state index in [0.29, 0.717) is 34.4 Å². The molecule has 2 aromatic carbocycles. The van der Waals surface area contributed by atoms with Crippen LogP contribution in [0.3, 0.4) is 0 Å². The van der Waals surface area contributed by atoms with Gasteiger partial charge in [-0.25, -0.2) is 14.4 Å². The van der Waals surface area contributed by atoms with Crippen molar-refractivity contribution < 1.29 is 23.5 Å². The zero-order valence-electron chi connectivity index (χ0n) is 16.7. The number of rotatable bonds is 7. The van der Waals surface area contributed by atoms with E-state index in [9.17, 15) is 14.4 Å². The SMILES string of the molecule is CCCOC(=O)c1cc2cc(-c3cccc(Cl)c3)c(=O)oc2cc1C(=O)OCCC. The summed E-state index contributed by atoms with van der Waals surface area (Å²) in [6.07, 6.45) is 1.27. The van der Waals surface area contributed by atoms with Gasteiger partial charge in [0.05, 0.1) is 29.9 Å². The number of carbonyl (C=O) groups excluding carboxylic acids is 2. The van der Waals surface area contributed by atoms with Gasteiger partial charge < -0.3 is 13.9 Å². The molecule has 0 amide bonds. The Bertz CT molecular complexity index is 1150. The number of fused-ring (bicyclic) bond motifs is 1. The van der Waals surface area contributed by atoms with Gasteiger partial charge in [0.2, 0.25) is 0 Å². The Labute approximate surface area is 178 Å². The summed E-state index contributed by atoms with van der Waals surface area (Å²) in [5.41, 5.74) is 0.512. The number of carbonyl (C=O) groups is 2. The van der Waals surface area contributed by atoms with Crippen LogP contribution in [0.25, 0.3) is 22.1 Å². The maximum atomic E-state index is 12.6. The highest BCUT2D eigenvalue weighted by atomic mass is 35.5. The predicted octanol–water partition coefficient (Wildman–Crippen LogP) is 5.25. The number of benzene rings is 2.